The Labute approximate surface area is 121 Å². The average Bonchev–Trinajstić information content (AvgIpc) is 2.98. The SMILES string of the molecule is Cn1cc(/C=C/C(=O)OCC2CCCO2)c(=O)n(C)c1=O. The second kappa shape index (κ2) is 6.53. The summed E-state index contributed by atoms with van der Waals surface area (Å²) in [5.41, 5.74) is -0.631. The molecule has 1 unspecified atom stereocenters. The molecule has 0 aliphatic carbocycles. The quantitative estimate of drug-likeness (QED) is 0.568. The van der Waals surface area contributed by atoms with E-state index in [1.807, 2.05) is 0 Å². The van der Waals surface area contributed by atoms with Crippen molar-refractivity contribution in [1.29, 1.82) is 0 Å². The predicted octanol–water partition coefficient (Wildman–Crippen LogP) is -0.181. The Bertz CT molecular complexity index is 665. The molecule has 1 fully saturated rings. The summed E-state index contributed by atoms with van der Waals surface area (Å²) >= 11 is 0. The van der Waals surface area contributed by atoms with E-state index in [0.717, 1.165) is 17.4 Å². The molecule has 7 heteroatoms. The first kappa shape index (κ1) is 15.2. The molecular formula is C14H18N2O5. The summed E-state index contributed by atoms with van der Waals surface area (Å²) < 4.78 is 12.6. The van der Waals surface area contributed by atoms with Crippen molar-refractivity contribution in [3.8, 4) is 0 Å². The second-order valence-corrected chi connectivity index (χ2v) is 4.94. The normalized spacial score (nSPS) is 18.3. The Balaban J connectivity index is 2.02. The molecule has 1 atom stereocenters. The molecule has 1 aromatic rings. The van der Waals surface area contributed by atoms with Gasteiger partial charge in [-0.05, 0) is 18.9 Å². The average molecular weight is 294 g/mol. The van der Waals surface area contributed by atoms with Gasteiger partial charge in [0.2, 0.25) is 0 Å². The first-order valence-electron chi connectivity index (χ1n) is 6.72. The summed E-state index contributed by atoms with van der Waals surface area (Å²) in [6.45, 7) is 0.917. The smallest absolute Gasteiger partial charge is 0.330 e. The van der Waals surface area contributed by atoms with Gasteiger partial charge in [0, 0.05) is 33.0 Å². The van der Waals surface area contributed by atoms with Crippen LogP contribution in [0.5, 0.6) is 0 Å². The van der Waals surface area contributed by atoms with Crippen LogP contribution in [0.3, 0.4) is 0 Å². The second-order valence-electron chi connectivity index (χ2n) is 4.94. The summed E-state index contributed by atoms with van der Waals surface area (Å²) in [5, 5.41) is 0. The standard InChI is InChI=1S/C14H18N2O5/c1-15-8-10(13(18)16(2)14(15)19)5-6-12(17)21-9-11-4-3-7-20-11/h5-6,8,11H,3-4,7,9H2,1-2H3/b6-5+. The Morgan fingerprint density at radius 1 is 1.48 bits per heavy atom. The zero-order chi connectivity index (χ0) is 15.4. The van der Waals surface area contributed by atoms with Crippen molar-refractivity contribution >= 4 is 12.0 Å². The van der Waals surface area contributed by atoms with Gasteiger partial charge in [0.05, 0.1) is 11.7 Å². The van der Waals surface area contributed by atoms with Crippen LogP contribution in [0, 0.1) is 0 Å². The highest BCUT2D eigenvalue weighted by atomic mass is 16.6. The van der Waals surface area contributed by atoms with E-state index in [2.05, 4.69) is 0 Å². The van der Waals surface area contributed by atoms with Gasteiger partial charge in [-0.1, -0.05) is 0 Å². The molecule has 21 heavy (non-hydrogen) atoms. The van der Waals surface area contributed by atoms with Crippen LogP contribution in [0.4, 0.5) is 0 Å². The number of hydrogen-bond acceptors (Lipinski definition) is 5. The van der Waals surface area contributed by atoms with Gasteiger partial charge in [0.1, 0.15) is 6.61 Å². The third-order valence-corrected chi connectivity index (χ3v) is 3.31. The summed E-state index contributed by atoms with van der Waals surface area (Å²) in [6, 6.07) is 0. The van der Waals surface area contributed by atoms with Crippen molar-refractivity contribution in [3.05, 3.63) is 38.7 Å². The fraction of sp³-hybridized carbons (Fsp3) is 0.500. The lowest BCUT2D eigenvalue weighted by Gasteiger charge is -2.08. The topological polar surface area (TPSA) is 79.5 Å². The van der Waals surface area contributed by atoms with Crippen molar-refractivity contribution in [2.75, 3.05) is 13.2 Å². The molecule has 2 heterocycles. The zero-order valence-corrected chi connectivity index (χ0v) is 12.1. The summed E-state index contributed by atoms with van der Waals surface area (Å²) in [6.07, 6.45) is 5.74. The number of carbonyl (C=O) groups is 1. The number of carbonyl (C=O) groups excluding carboxylic acids is 1. The summed E-state index contributed by atoms with van der Waals surface area (Å²) in [5.74, 6) is -0.540. The van der Waals surface area contributed by atoms with E-state index in [9.17, 15) is 14.4 Å². The van der Waals surface area contributed by atoms with Gasteiger partial charge in [0.15, 0.2) is 0 Å². The van der Waals surface area contributed by atoms with Crippen molar-refractivity contribution in [2.24, 2.45) is 14.1 Å². The molecule has 114 valence electrons. The van der Waals surface area contributed by atoms with Gasteiger partial charge in [-0.15, -0.1) is 0 Å². The van der Waals surface area contributed by atoms with Gasteiger partial charge >= 0.3 is 11.7 Å². The molecule has 1 aliphatic heterocycles. The van der Waals surface area contributed by atoms with Gasteiger partial charge < -0.3 is 14.0 Å². The first-order valence-corrected chi connectivity index (χ1v) is 6.72. The van der Waals surface area contributed by atoms with E-state index in [0.29, 0.717) is 6.61 Å². The summed E-state index contributed by atoms with van der Waals surface area (Å²) in [7, 11) is 2.92. The molecule has 1 saturated heterocycles. The third kappa shape index (κ3) is 3.69. The van der Waals surface area contributed by atoms with Crippen LogP contribution in [0.25, 0.3) is 6.08 Å². The lowest BCUT2D eigenvalue weighted by Crippen LogP contribution is -2.37. The molecular weight excluding hydrogens is 276 g/mol. The van der Waals surface area contributed by atoms with Crippen molar-refractivity contribution < 1.29 is 14.3 Å². The number of rotatable bonds is 4. The molecule has 1 aromatic heterocycles. The third-order valence-electron chi connectivity index (χ3n) is 3.31. The highest BCUT2D eigenvalue weighted by Crippen LogP contribution is 2.12. The fourth-order valence-electron chi connectivity index (χ4n) is 2.11. The van der Waals surface area contributed by atoms with E-state index in [1.54, 1.807) is 0 Å². The van der Waals surface area contributed by atoms with Crippen molar-refractivity contribution in [3.63, 3.8) is 0 Å². The summed E-state index contributed by atoms with van der Waals surface area (Å²) in [4.78, 5) is 35.0. The molecule has 0 N–H and O–H groups in total. The highest BCUT2D eigenvalue weighted by Gasteiger charge is 2.16. The van der Waals surface area contributed by atoms with Crippen LogP contribution in [0.1, 0.15) is 18.4 Å². The number of esters is 1. The molecule has 0 amide bonds. The number of hydrogen-bond donors (Lipinski definition) is 0. The van der Waals surface area contributed by atoms with Crippen LogP contribution < -0.4 is 11.2 Å². The highest BCUT2D eigenvalue weighted by molar-refractivity contribution is 5.86. The van der Waals surface area contributed by atoms with Crippen LogP contribution >= 0.6 is 0 Å². The van der Waals surface area contributed by atoms with Crippen molar-refractivity contribution in [1.82, 2.24) is 9.13 Å². The van der Waals surface area contributed by atoms with Gasteiger partial charge in [-0.25, -0.2) is 9.59 Å². The Hall–Kier alpha value is -2.15. The molecule has 2 rings (SSSR count). The number of nitrogens with zero attached hydrogens (tertiary/aromatic N) is 2. The molecule has 0 bridgehead atoms. The minimum absolute atomic E-state index is 0.0345. The number of aromatic nitrogens is 2. The minimum Gasteiger partial charge on any atom is -0.460 e. The first-order chi connectivity index (χ1) is 9.99. The van der Waals surface area contributed by atoms with E-state index in [4.69, 9.17) is 9.47 Å². The molecule has 0 radical (unpaired) electrons. The number of ether oxygens (including phenoxy) is 2. The van der Waals surface area contributed by atoms with Crippen LogP contribution in [-0.2, 0) is 28.4 Å². The Kier molecular flexibility index (Phi) is 4.74. The molecule has 0 aromatic carbocycles. The molecule has 1 aliphatic rings. The van der Waals surface area contributed by atoms with E-state index >= 15 is 0 Å². The maximum atomic E-state index is 11.8. The maximum absolute atomic E-state index is 11.8. The van der Waals surface area contributed by atoms with E-state index in [-0.39, 0.29) is 18.3 Å². The fourth-order valence-corrected chi connectivity index (χ4v) is 2.11. The zero-order valence-electron chi connectivity index (χ0n) is 12.1. The maximum Gasteiger partial charge on any atom is 0.330 e. The Morgan fingerprint density at radius 3 is 2.90 bits per heavy atom. The lowest BCUT2D eigenvalue weighted by atomic mass is 10.2. The van der Waals surface area contributed by atoms with Gasteiger partial charge in [0.25, 0.3) is 5.56 Å². The minimum atomic E-state index is -0.540. The van der Waals surface area contributed by atoms with E-state index in [1.165, 1.54) is 37.0 Å². The Morgan fingerprint density at radius 2 is 2.24 bits per heavy atom. The predicted molar refractivity (Wildman–Crippen MR) is 75.9 cm³/mol. The lowest BCUT2D eigenvalue weighted by molar-refractivity contribution is -0.140. The van der Waals surface area contributed by atoms with Gasteiger partial charge in [-0.3, -0.25) is 9.36 Å². The monoisotopic (exact) mass is 294 g/mol. The van der Waals surface area contributed by atoms with Crippen LogP contribution in [0.2, 0.25) is 0 Å². The van der Waals surface area contributed by atoms with Crippen molar-refractivity contribution in [2.45, 2.75) is 18.9 Å². The molecule has 0 saturated carbocycles. The van der Waals surface area contributed by atoms with E-state index < -0.39 is 17.2 Å². The van der Waals surface area contributed by atoms with Crippen LogP contribution in [0.15, 0.2) is 21.9 Å². The van der Waals surface area contributed by atoms with Gasteiger partial charge in [-0.2, -0.15) is 0 Å². The largest absolute Gasteiger partial charge is 0.460 e. The molecule has 0 spiro atoms. The molecule has 7 nitrogen and oxygen atoms in total. The number of aryl methyl sites for hydroxylation is 1. The van der Waals surface area contributed by atoms with Crippen LogP contribution in [-0.4, -0.2) is 34.4 Å².